The van der Waals surface area contributed by atoms with Gasteiger partial charge in [-0.15, -0.1) is 0 Å². The van der Waals surface area contributed by atoms with Gasteiger partial charge in [-0.25, -0.2) is 0 Å². The van der Waals surface area contributed by atoms with E-state index in [2.05, 4.69) is 0 Å². The van der Waals surface area contributed by atoms with E-state index in [1.807, 2.05) is 0 Å². The smallest absolute Gasteiger partial charge is 0.401 e. The van der Waals surface area contributed by atoms with Gasteiger partial charge in [-0.1, -0.05) is 0 Å². The van der Waals surface area contributed by atoms with E-state index in [-0.39, 0.29) is 6.54 Å². The van der Waals surface area contributed by atoms with Gasteiger partial charge in [0.15, 0.2) is 0 Å². The Kier molecular flexibility index (Phi) is 4.06. The minimum absolute atomic E-state index is 0.133. The fraction of sp³-hybridized carbons (Fsp3) is 0.909. The standard InChI is InChI=1S/C11H18F3NO2/c1-10(2,3)17-9(16)8-4-5-15(6-8)7-11(12,13)14/h8H,4-7H2,1-3H3/t8-/m0/s1. The fourth-order valence-corrected chi connectivity index (χ4v) is 1.81. The van der Waals surface area contributed by atoms with Crippen LogP contribution in [0.1, 0.15) is 27.2 Å². The Morgan fingerprint density at radius 2 is 1.94 bits per heavy atom. The number of nitrogens with zero attached hydrogens (tertiary/aromatic N) is 1. The number of likely N-dealkylation sites (tertiary alicyclic amines) is 1. The van der Waals surface area contributed by atoms with E-state index in [4.69, 9.17) is 4.74 Å². The molecule has 0 aromatic rings. The Morgan fingerprint density at radius 1 is 1.35 bits per heavy atom. The Hall–Kier alpha value is -0.780. The molecule has 0 amide bonds. The van der Waals surface area contributed by atoms with E-state index in [0.29, 0.717) is 13.0 Å². The molecule has 0 aliphatic carbocycles. The molecule has 100 valence electrons. The van der Waals surface area contributed by atoms with Crippen LogP contribution >= 0.6 is 0 Å². The van der Waals surface area contributed by atoms with Gasteiger partial charge in [0.1, 0.15) is 5.60 Å². The molecule has 1 saturated heterocycles. The Labute approximate surface area is 98.9 Å². The molecule has 1 heterocycles. The number of ether oxygens (including phenoxy) is 1. The molecule has 6 heteroatoms. The number of esters is 1. The lowest BCUT2D eigenvalue weighted by molar-refractivity contribution is -0.161. The SMILES string of the molecule is CC(C)(C)OC(=O)[C@H]1CCN(CC(F)(F)F)C1. The molecule has 0 bridgehead atoms. The summed E-state index contributed by atoms with van der Waals surface area (Å²) in [6.45, 7) is 4.71. The first-order chi connectivity index (χ1) is 7.57. The summed E-state index contributed by atoms with van der Waals surface area (Å²) in [6.07, 6.45) is -3.77. The van der Waals surface area contributed by atoms with Gasteiger partial charge < -0.3 is 4.74 Å². The molecule has 0 N–H and O–H groups in total. The predicted molar refractivity (Wildman–Crippen MR) is 56.4 cm³/mol. The largest absolute Gasteiger partial charge is 0.460 e. The van der Waals surface area contributed by atoms with Crippen LogP contribution < -0.4 is 0 Å². The first-order valence-electron chi connectivity index (χ1n) is 5.59. The van der Waals surface area contributed by atoms with Crippen molar-refractivity contribution >= 4 is 5.97 Å². The van der Waals surface area contributed by atoms with E-state index in [1.54, 1.807) is 20.8 Å². The lowest BCUT2D eigenvalue weighted by Crippen LogP contribution is -2.34. The molecule has 1 aliphatic heterocycles. The molecule has 0 radical (unpaired) electrons. The summed E-state index contributed by atoms with van der Waals surface area (Å²) in [5, 5.41) is 0. The summed E-state index contributed by atoms with van der Waals surface area (Å²) in [5.74, 6) is -0.834. The van der Waals surface area contributed by atoms with Gasteiger partial charge in [-0.2, -0.15) is 13.2 Å². The van der Waals surface area contributed by atoms with E-state index < -0.39 is 30.2 Å². The molecule has 17 heavy (non-hydrogen) atoms. The maximum absolute atomic E-state index is 12.1. The van der Waals surface area contributed by atoms with Crippen molar-refractivity contribution in [2.45, 2.75) is 39.0 Å². The molecule has 1 aliphatic rings. The van der Waals surface area contributed by atoms with Crippen LogP contribution in [0.15, 0.2) is 0 Å². The van der Waals surface area contributed by atoms with Crippen LogP contribution in [0.25, 0.3) is 0 Å². The third kappa shape index (κ3) is 5.39. The summed E-state index contributed by atoms with van der Waals surface area (Å²) in [7, 11) is 0. The average Bonchev–Trinajstić information content (AvgIpc) is 2.45. The highest BCUT2D eigenvalue weighted by molar-refractivity contribution is 5.73. The molecule has 1 fully saturated rings. The minimum atomic E-state index is -4.21. The second-order valence-corrected chi connectivity index (χ2v) is 5.37. The Balaban J connectivity index is 2.43. The molecule has 0 spiro atoms. The van der Waals surface area contributed by atoms with Crippen LogP contribution in [0.3, 0.4) is 0 Å². The molecule has 0 aromatic carbocycles. The van der Waals surface area contributed by atoms with Crippen LogP contribution in [-0.2, 0) is 9.53 Å². The van der Waals surface area contributed by atoms with Crippen molar-refractivity contribution < 1.29 is 22.7 Å². The third-order valence-electron chi connectivity index (χ3n) is 2.42. The highest BCUT2D eigenvalue weighted by Crippen LogP contribution is 2.24. The maximum Gasteiger partial charge on any atom is 0.401 e. The highest BCUT2D eigenvalue weighted by atomic mass is 19.4. The maximum atomic E-state index is 12.1. The number of alkyl halides is 3. The first kappa shape index (κ1) is 14.3. The lowest BCUT2D eigenvalue weighted by atomic mass is 10.1. The monoisotopic (exact) mass is 253 g/mol. The molecule has 0 saturated carbocycles. The quantitative estimate of drug-likeness (QED) is 0.707. The second kappa shape index (κ2) is 4.84. The van der Waals surface area contributed by atoms with Crippen LogP contribution in [-0.4, -0.2) is 42.3 Å². The zero-order chi connectivity index (χ0) is 13.3. The van der Waals surface area contributed by atoms with Crippen molar-refractivity contribution in [1.82, 2.24) is 4.90 Å². The van der Waals surface area contributed by atoms with Crippen molar-refractivity contribution in [3.05, 3.63) is 0 Å². The number of hydrogen-bond acceptors (Lipinski definition) is 3. The molecular weight excluding hydrogens is 235 g/mol. The summed E-state index contributed by atoms with van der Waals surface area (Å²) in [6, 6.07) is 0. The van der Waals surface area contributed by atoms with E-state index in [0.717, 1.165) is 0 Å². The van der Waals surface area contributed by atoms with Crippen molar-refractivity contribution in [1.29, 1.82) is 0 Å². The predicted octanol–water partition coefficient (Wildman–Crippen LogP) is 2.21. The second-order valence-electron chi connectivity index (χ2n) is 5.37. The topological polar surface area (TPSA) is 29.5 Å². The summed E-state index contributed by atoms with van der Waals surface area (Å²) < 4.78 is 41.6. The zero-order valence-corrected chi connectivity index (χ0v) is 10.3. The number of rotatable bonds is 2. The molecule has 0 unspecified atom stereocenters. The Morgan fingerprint density at radius 3 is 2.41 bits per heavy atom. The molecule has 1 rings (SSSR count). The van der Waals surface area contributed by atoms with Crippen molar-refractivity contribution in [3.8, 4) is 0 Å². The van der Waals surface area contributed by atoms with Gasteiger partial charge in [0.2, 0.25) is 0 Å². The Bertz CT molecular complexity index is 283. The van der Waals surface area contributed by atoms with Gasteiger partial charge in [-0.3, -0.25) is 9.69 Å². The van der Waals surface area contributed by atoms with E-state index in [9.17, 15) is 18.0 Å². The lowest BCUT2D eigenvalue weighted by Gasteiger charge is -2.22. The third-order valence-corrected chi connectivity index (χ3v) is 2.42. The number of hydrogen-bond donors (Lipinski definition) is 0. The van der Waals surface area contributed by atoms with E-state index in [1.165, 1.54) is 4.90 Å². The highest BCUT2D eigenvalue weighted by Gasteiger charge is 2.37. The van der Waals surface area contributed by atoms with Crippen molar-refractivity contribution in [3.63, 3.8) is 0 Å². The summed E-state index contributed by atoms with van der Waals surface area (Å²) in [4.78, 5) is 12.9. The normalized spacial score (nSPS) is 22.8. The van der Waals surface area contributed by atoms with Gasteiger partial charge in [0, 0.05) is 6.54 Å². The minimum Gasteiger partial charge on any atom is -0.460 e. The molecule has 0 aromatic heterocycles. The zero-order valence-electron chi connectivity index (χ0n) is 10.3. The number of halogens is 3. The van der Waals surface area contributed by atoms with Crippen molar-refractivity contribution in [2.24, 2.45) is 5.92 Å². The summed E-state index contributed by atoms with van der Waals surface area (Å²) >= 11 is 0. The van der Waals surface area contributed by atoms with Crippen LogP contribution in [0.2, 0.25) is 0 Å². The molecule has 1 atom stereocenters. The summed E-state index contributed by atoms with van der Waals surface area (Å²) in [5.41, 5.74) is -0.589. The van der Waals surface area contributed by atoms with E-state index >= 15 is 0 Å². The van der Waals surface area contributed by atoms with Crippen molar-refractivity contribution in [2.75, 3.05) is 19.6 Å². The number of carbonyl (C=O) groups excluding carboxylic acids is 1. The van der Waals surface area contributed by atoms with Gasteiger partial charge in [0.05, 0.1) is 12.5 Å². The van der Waals surface area contributed by atoms with Crippen LogP contribution in [0, 0.1) is 5.92 Å². The van der Waals surface area contributed by atoms with Crippen LogP contribution in [0.5, 0.6) is 0 Å². The fourth-order valence-electron chi connectivity index (χ4n) is 1.81. The van der Waals surface area contributed by atoms with Gasteiger partial charge >= 0.3 is 12.1 Å². The average molecular weight is 253 g/mol. The van der Waals surface area contributed by atoms with Gasteiger partial charge in [-0.05, 0) is 33.7 Å². The number of carbonyl (C=O) groups is 1. The first-order valence-corrected chi connectivity index (χ1v) is 5.59. The van der Waals surface area contributed by atoms with Crippen LogP contribution in [0.4, 0.5) is 13.2 Å². The van der Waals surface area contributed by atoms with Gasteiger partial charge in [0.25, 0.3) is 0 Å². The molecular formula is C11H18F3NO2. The molecule has 3 nitrogen and oxygen atoms in total.